The van der Waals surface area contributed by atoms with E-state index in [2.05, 4.69) is 21.6 Å². The summed E-state index contributed by atoms with van der Waals surface area (Å²) in [4.78, 5) is 3.86. The van der Waals surface area contributed by atoms with Gasteiger partial charge in [0.1, 0.15) is 4.90 Å². The van der Waals surface area contributed by atoms with Crippen LogP contribution >= 0.6 is 0 Å². The van der Waals surface area contributed by atoms with Crippen molar-refractivity contribution in [2.75, 3.05) is 46.3 Å². The Morgan fingerprint density at radius 1 is 1.18 bits per heavy atom. The maximum Gasteiger partial charge on any atom is 0.243 e. The van der Waals surface area contributed by atoms with E-state index < -0.39 is 26.6 Å². The number of nitrogens with zero attached hydrogens (tertiary/aromatic N) is 2. The molecule has 0 aliphatic carbocycles. The standard InChI is InChI=1S/C14H21F2N3O2S/c1-18-8-10-19(11-9-18)7-3-6-17-22(20,21)13-5-2-4-12(15)14(13)16/h2,4-5,17H,3,6-11H2,1H3. The van der Waals surface area contributed by atoms with Crippen LogP contribution in [0.25, 0.3) is 0 Å². The molecule has 1 aromatic rings. The average molecular weight is 333 g/mol. The van der Waals surface area contributed by atoms with Crippen molar-refractivity contribution in [3.8, 4) is 0 Å². The van der Waals surface area contributed by atoms with Crippen molar-refractivity contribution >= 4 is 10.0 Å². The van der Waals surface area contributed by atoms with Gasteiger partial charge in [-0.15, -0.1) is 0 Å². The predicted molar refractivity (Wildman–Crippen MR) is 80.1 cm³/mol. The molecule has 0 radical (unpaired) electrons. The van der Waals surface area contributed by atoms with Gasteiger partial charge in [0, 0.05) is 32.7 Å². The van der Waals surface area contributed by atoms with E-state index in [1.807, 2.05) is 0 Å². The van der Waals surface area contributed by atoms with Gasteiger partial charge in [0.15, 0.2) is 11.6 Å². The fourth-order valence-electron chi connectivity index (χ4n) is 2.35. The van der Waals surface area contributed by atoms with E-state index in [4.69, 9.17) is 0 Å². The number of likely N-dealkylation sites (N-methyl/N-ethyl adjacent to an activating group) is 1. The molecule has 1 heterocycles. The van der Waals surface area contributed by atoms with Crippen LogP contribution in [-0.4, -0.2) is 64.5 Å². The van der Waals surface area contributed by atoms with Crippen molar-refractivity contribution in [1.82, 2.24) is 14.5 Å². The second kappa shape index (κ2) is 7.45. The van der Waals surface area contributed by atoms with Crippen molar-refractivity contribution in [3.63, 3.8) is 0 Å². The van der Waals surface area contributed by atoms with Crippen LogP contribution in [0.1, 0.15) is 6.42 Å². The van der Waals surface area contributed by atoms with Crippen molar-refractivity contribution in [1.29, 1.82) is 0 Å². The fraction of sp³-hybridized carbons (Fsp3) is 0.571. The number of piperazine rings is 1. The lowest BCUT2D eigenvalue weighted by Crippen LogP contribution is -2.45. The summed E-state index contributed by atoms with van der Waals surface area (Å²) in [6.45, 7) is 4.90. The Kier molecular flexibility index (Phi) is 5.85. The highest BCUT2D eigenvalue weighted by atomic mass is 32.2. The van der Waals surface area contributed by atoms with Gasteiger partial charge in [0.25, 0.3) is 0 Å². The molecule has 1 aromatic carbocycles. The SMILES string of the molecule is CN1CCN(CCCNS(=O)(=O)c2cccc(F)c2F)CC1. The highest BCUT2D eigenvalue weighted by molar-refractivity contribution is 7.89. The van der Waals surface area contributed by atoms with Gasteiger partial charge >= 0.3 is 0 Å². The van der Waals surface area contributed by atoms with Crippen molar-refractivity contribution in [3.05, 3.63) is 29.8 Å². The van der Waals surface area contributed by atoms with Crippen LogP contribution in [0, 0.1) is 11.6 Å². The molecule has 22 heavy (non-hydrogen) atoms. The van der Waals surface area contributed by atoms with Gasteiger partial charge in [-0.2, -0.15) is 0 Å². The third-order valence-corrected chi connectivity index (χ3v) is 5.22. The quantitative estimate of drug-likeness (QED) is 0.786. The lowest BCUT2D eigenvalue weighted by molar-refractivity contribution is 0.153. The van der Waals surface area contributed by atoms with Gasteiger partial charge in [-0.05, 0) is 32.1 Å². The highest BCUT2D eigenvalue weighted by Gasteiger charge is 2.21. The third-order valence-electron chi connectivity index (χ3n) is 3.74. The van der Waals surface area contributed by atoms with E-state index in [9.17, 15) is 17.2 Å². The summed E-state index contributed by atoms with van der Waals surface area (Å²) in [5.41, 5.74) is 0. The van der Waals surface area contributed by atoms with Gasteiger partial charge in [0.05, 0.1) is 0 Å². The highest BCUT2D eigenvalue weighted by Crippen LogP contribution is 2.16. The van der Waals surface area contributed by atoms with Crippen LogP contribution in [0.2, 0.25) is 0 Å². The maximum absolute atomic E-state index is 13.5. The lowest BCUT2D eigenvalue weighted by Gasteiger charge is -2.32. The zero-order valence-corrected chi connectivity index (χ0v) is 13.4. The molecule has 1 fully saturated rings. The average Bonchev–Trinajstić information content (AvgIpc) is 2.48. The second-order valence-electron chi connectivity index (χ2n) is 5.45. The molecule has 5 nitrogen and oxygen atoms in total. The molecule has 0 bridgehead atoms. The van der Waals surface area contributed by atoms with Crippen LogP contribution in [-0.2, 0) is 10.0 Å². The van der Waals surface area contributed by atoms with Crippen LogP contribution in [0.15, 0.2) is 23.1 Å². The normalized spacial score (nSPS) is 17.8. The topological polar surface area (TPSA) is 52.6 Å². The van der Waals surface area contributed by atoms with E-state index in [0.717, 1.165) is 44.9 Å². The number of benzene rings is 1. The van der Waals surface area contributed by atoms with E-state index in [1.54, 1.807) is 0 Å². The minimum Gasteiger partial charge on any atom is -0.304 e. The van der Waals surface area contributed by atoms with Gasteiger partial charge in [-0.1, -0.05) is 6.07 Å². The molecule has 1 aliphatic rings. The number of nitrogens with one attached hydrogen (secondary N) is 1. The summed E-state index contributed by atoms with van der Waals surface area (Å²) in [6.07, 6.45) is 0.625. The second-order valence-corrected chi connectivity index (χ2v) is 7.18. The third kappa shape index (κ3) is 4.45. The molecule has 0 spiro atoms. The van der Waals surface area contributed by atoms with Gasteiger partial charge in [0.2, 0.25) is 10.0 Å². The Balaban J connectivity index is 1.82. The molecule has 124 valence electrons. The molecular weight excluding hydrogens is 312 g/mol. The van der Waals surface area contributed by atoms with Crippen LogP contribution in [0.5, 0.6) is 0 Å². The van der Waals surface area contributed by atoms with Crippen molar-refractivity contribution < 1.29 is 17.2 Å². The molecule has 2 rings (SSSR count). The maximum atomic E-state index is 13.5. The summed E-state index contributed by atoms with van der Waals surface area (Å²) >= 11 is 0. The first-order chi connectivity index (χ1) is 10.4. The van der Waals surface area contributed by atoms with E-state index >= 15 is 0 Å². The lowest BCUT2D eigenvalue weighted by atomic mass is 10.3. The summed E-state index contributed by atoms with van der Waals surface area (Å²) in [5, 5.41) is 0. The van der Waals surface area contributed by atoms with Gasteiger partial charge in [-0.25, -0.2) is 21.9 Å². The molecule has 1 N–H and O–H groups in total. The first-order valence-corrected chi connectivity index (χ1v) is 8.73. The summed E-state index contributed by atoms with van der Waals surface area (Å²) in [6, 6.07) is 3.13. The van der Waals surface area contributed by atoms with Crippen molar-refractivity contribution in [2.45, 2.75) is 11.3 Å². The van der Waals surface area contributed by atoms with E-state index in [-0.39, 0.29) is 6.54 Å². The molecule has 0 unspecified atom stereocenters. The number of halogens is 2. The van der Waals surface area contributed by atoms with Gasteiger partial charge < -0.3 is 9.80 Å². The number of hydrogen-bond donors (Lipinski definition) is 1. The Bertz CT molecular complexity index is 602. The fourth-order valence-corrected chi connectivity index (χ4v) is 3.51. The number of hydrogen-bond acceptors (Lipinski definition) is 4. The Labute approximate surface area is 130 Å². The van der Waals surface area contributed by atoms with Gasteiger partial charge in [-0.3, -0.25) is 0 Å². The molecule has 0 aromatic heterocycles. The summed E-state index contributed by atoms with van der Waals surface area (Å²) < 4.78 is 52.9. The largest absolute Gasteiger partial charge is 0.304 e. The minimum absolute atomic E-state index is 0.199. The first kappa shape index (κ1) is 17.3. The minimum atomic E-state index is -4.02. The van der Waals surface area contributed by atoms with Crippen molar-refractivity contribution in [2.24, 2.45) is 0 Å². The number of sulfonamides is 1. The predicted octanol–water partition coefficient (Wildman–Crippen LogP) is 0.881. The molecule has 0 saturated carbocycles. The molecular formula is C14H21F2N3O2S. The molecule has 0 atom stereocenters. The molecule has 0 amide bonds. The van der Waals surface area contributed by atoms with Crippen LogP contribution < -0.4 is 4.72 Å². The summed E-state index contributed by atoms with van der Waals surface area (Å²) in [5.74, 6) is -2.51. The Morgan fingerprint density at radius 2 is 1.86 bits per heavy atom. The zero-order chi connectivity index (χ0) is 16.2. The summed E-state index contributed by atoms with van der Waals surface area (Å²) in [7, 11) is -1.95. The Morgan fingerprint density at radius 3 is 2.55 bits per heavy atom. The first-order valence-electron chi connectivity index (χ1n) is 7.25. The molecule has 1 aliphatic heterocycles. The molecule has 8 heteroatoms. The molecule has 1 saturated heterocycles. The van der Waals surface area contributed by atoms with E-state index in [0.29, 0.717) is 6.42 Å². The van der Waals surface area contributed by atoms with E-state index in [1.165, 1.54) is 6.07 Å². The Hall–Kier alpha value is -1.09. The van der Waals surface area contributed by atoms with Crippen LogP contribution in [0.3, 0.4) is 0 Å². The number of rotatable bonds is 6. The van der Waals surface area contributed by atoms with Crippen LogP contribution in [0.4, 0.5) is 8.78 Å². The zero-order valence-electron chi connectivity index (χ0n) is 12.6. The monoisotopic (exact) mass is 333 g/mol. The smallest absolute Gasteiger partial charge is 0.243 e.